The van der Waals surface area contributed by atoms with Gasteiger partial charge in [0, 0.05) is 48.3 Å². The zero-order valence-corrected chi connectivity index (χ0v) is 26.2. The lowest BCUT2D eigenvalue weighted by Crippen LogP contribution is -1.87. The lowest BCUT2D eigenvalue weighted by molar-refractivity contribution is 0.669. The highest BCUT2D eigenvalue weighted by molar-refractivity contribution is 7.26. The maximum absolute atomic E-state index is 9.58. The van der Waals surface area contributed by atoms with Gasteiger partial charge in [-0.05, 0) is 58.6 Å². The minimum atomic E-state index is -0.736. The SMILES string of the molecule is [2H]c1c([2H])c(-c2ccc3sc4c(-c5c([2H])c([2H])c([2H])c(-c6c([2H])c([2H])c([2H])c7c6oc6c([2H])c([2H])c([2H])c([2H])c67)c5[2H])ncnc4c3c2)c([2H])c(-c2c([2H])c([2H])c([2H])c3c2oc2c([2H])c([2H])c([2H])c([2H])c23)c1[2H]. The van der Waals surface area contributed by atoms with Gasteiger partial charge in [-0.25, -0.2) is 9.97 Å². The molecule has 0 aliphatic heterocycles. The predicted octanol–water partition coefficient (Wildman–Crippen LogP) is 13.3. The molecule has 0 N–H and O–H groups in total. The third-order valence-corrected chi connectivity index (χ3v) is 9.57. The standard InChI is InChI=1S/C46H26N2O2S/c1-3-19-39-34(13-1)36-17-7-15-32(44(36)49-39)29-10-5-9-27(23-29)28-21-22-41-38(25-28)43-46(51-41)42(47-26-48-43)31-12-6-11-30(24-31)33-16-8-18-37-35-14-2-4-20-40(35)50-45(33)37/h1-26H/i1D,2D,3D,4D,5D,6D,7D,8D,9D,10D,11D,12D,13D,14D,15D,16D,17D,18D,19D,20D,23D,24D. The molecule has 0 saturated heterocycles. The lowest BCUT2D eigenvalue weighted by atomic mass is 9.97. The summed E-state index contributed by atoms with van der Waals surface area (Å²) in [5, 5.41) is -0.719. The number of para-hydroxylation sites is 4. The minimum Gasteiger partial charge on any atom is -0.455 e. The summed E-state index contributed by atoms with van der Waals surface area (Å²) in [5.41, 5.74) is -3.68. The number of furan rings is 2. The molecule has 238 valence electrons. The zero-order valence-electron chi connectivity index (χ0n) is 47.4. The summed E-state index contributed by atoms with van der Waals surface area (Å²) in [6.07, 6.45) is 1.11. The highest BCUT2D eigenvalue weighted by Gasteiger charge is 2.17. The molecule has 0 atom stereocenters. The van der Waals surface area contributed by atoms with Crippen LogP contribution in [0.1, 0.15) is 30.2 Å². The van der Waals surface area contributed by atoms with Crippen LogP contribution in [0, 0.1) is 0 Å². The van der Waals surface area contributed by atoms with Crippen LogP contribution in [-0.2, 0) is 0 Å². The maximum atomic E-state index is 9.58. The third-order valence-electron chi connectivity index (χ3n) is 8.40. The van der Waals surface area contributed by atoms with Gasteiger partial charge in [-0.2, -0.15) is 0 Å². The molecule has 0 bridgehead atoms. The summed E-state index contributed by atoms with van der Waals surface area (Å²) in [6.45, 7) is 0. The Kier molecular flexibility index (Phi) is 3.09. The normalized spacial score (nSPS) is 18.0. The topological polar surface area (TPSA) is 52.1 Å². The van der Waals surface area contributed by atoms with E-state index in [4.69, 9.17) is 36.2 Å². The van der Waals surface area contributed by atoms with E-state index in [0.717, 1.165) is 17.7 Å². The highest BCUT2D eigenvalue weighted by Crippen LogP contribution is 2.42. The van der Waals surface area contributed by atoms with Crippen LogP contribution in [-0.4, -0.2) is 9.97 Å². The summed E-state index contributed by atoms with van der Waals surface area (Å²) in [6, 6.07) is -9.79. The average Bonchev–Trinajstić information content (AvgIpc) is 4.08. The van der Waals surface area contributed by atoms with Crippen molar-refractivity contribution >= 4 is 75.5 Å². The van der Waals surface area contributed by atoms with E-state index >= 15 is 0 Å². The van der Waals surface area contributed by atoms with Gasteiger partial charge in [0.25, 0.3) is 0 Å². The van der Waals surface area contributed by atoms with Gasteiger partial charge in [0.15, 0.2) is 0 Å². The summed E-state index contributed by atoms with van der Waals surface area (Å²) >= 11 is 1.08. The number of benzene rings is 7. The first-order valence-corrected chi connectivity index (χ1v) is 16.0. The molecule has 0 fully saturated rings. The van der Waals surface area contributed by atoms with E-state index in [1.165, 1.54) is 12.1 Å². The molecule has 51 heavy (non-hydrogen) atoms. The van der Waals surface area contributed by atoms with E-state index in [2.05, 4.69) is 9.97 Å². The molecule has 0 saturated carbocycles. The zero-order chi connectivity index (χ0) is 52.6. The second kappa shape index (κ2) is 11.0. The second-order valence-electron chi connectivity index (χ2n) is 11.2. The Morgan fingerprint density at radius 2 is 1.06 bits per heavy atom. The van der Waals surface area contributed by atoms with Crippen molar-refractivity contribution in [2.75, 3.05) is 0 Å². The van der Waals surface area contributed by atoms with Crippen molar-refractivity contribution in [1.29, 1.82) is 0 Å². The largest absolute Gasteiger partial charge is 0.455 e. The van der Waals surface area contributed by atoms with Crippen LogP contribution in [0.2, 0.25) is 0 Å². The van der Waals surface area contributed by atoms with E-state index in [1.807, 2.05) is 0 Å². The van der Waals surface area contributed by atoms with Crippen LogP contribution >= 0.6 is 11.3 Å². The molecule has 5 heteroatoms. The van der Waals surface area contributed by atoms with Crippen molar-refractivity contribution < 1.29 is 39.0 Å². The van der Waals surface area contributed by atoms with Crippen LogP contribution in [0.25, 0.3) is 109 Å². The van der Waals surface area contributed by atoms with E-state index in [1.54, 1.807) is 6.07 Å². The summed E-state index contributed by atoms with van der Waals surface area (Å²) < 4.78 is 206. The van der Waals surface area contributed by atoms with Crippen LogP contribution in [0.15, 0.2) is 166 Å². The summed E-state index contributed by atoms with van der Waals surface area (Å²) in [7, 11) is 0. The van der Waals surface area contributed by atoms with Gasteiger partial charge in [0.05, 0.1) is 46.1 Å². The Balaban J connectivity index is 1.14. The van der Waals surface area contributed by atoms with Crippen LogP contribution in [0.5, 0.6) is 0 Å². The molecule has 7 aromatic carbocycles. The van der Waals surface area contributed by atoms with Gasteiger partial charge in [-0.3, -0.25) is 0 Å². The van der Waals surface area contributed by atoms with Crippen molar-refractivity contribution in [1.82, 2.24) is 9.97 Å². The van der Waals surface area contributed by atoms with E-state index < -0.39 is 178 Å². The average molecular weight is 693 g/mol. The molecular formula is C46H26N2O2S. The van der Waals surface area contributed by atoms with Gasteiger partial charge in [-0.1, -0.05) is 115 Å². The summed E-state index contributed by atoms with van der Waals surface area (Å²) in [4.78, 5) is 8.93. The lowest BCUT2D eigenvalue weighted by Gasteiger charge is -2.08. The molecule has 0 radical (unpaired) electrons. The van der Waals surface area contributed by atoms with Gasteiger partial charge < -0.3 is 8.83 Å². The number of fused-ring (bicyclic) bond motifs is 9. The molecule has 4 nitrogen and oxygen atoms in total. The van der Waals surface area contributed by atoms with Gasteiger partial charge in [-0.15, -0.1) is 11.3 Å². The Bertz CT molecular complexity index is 4430. The van der Waals surface area contributed by atoms with Crippen molar-refractivity contribution in [2.24, 2.45) is 0 Å². The number of nitrogens with zero attached hydrogens (tertiary/aromatic N) is 2. The smallest absolute Gasteiger partial charge is 0.143 e. The second-order valence-corrected chi connectivity index (χ2v) is 12.3. The Morgan fingerprint density at radius 3 is 1.75 bits per heavy atom. The fourth-order valence-electron chi connectivity index (χ4n) is 6.12. The predicted molar refractivity (Wildman–Crippen MR) is 211 cm³/mol. The van der Waals surface area contributed by atoms with Gasteiger partial charge in [0.2, 0.25) is 0 Å². The Labute approximate surface area is 326 Å². The molecule has 4 heterocycles. The van der Waals surface area contributed by atoms with Gasteiger partial charge in [0.1, 0.15) is 28.7 Å². The van der Waals surface area contributed by atoms with Crippen LogP contribution in [0.3, 0.4) is 0 Å². The van der Waals surface area contributed by atoms with Crippen LogP contribution in [0.4, 0.5) is 0 Å². The number of rotatable bonds is 4. The fraction of sp³-hybridized carbons (Fsp3) is 0. The number of hydrogen-bond acceptors (Lipinski definition) is 5. The molecule has 0 spiro atoms. The Morgan fingerprint density at radius 1 is 0.490 bits per heavy atom. The van der Waals surface area contributed by atoms with E-state index in [-0.39, 0.29) is 54.1 Å². The number of hydrogen-bond donors (Lipinski definition) is 0. The fourth-order valence-corrected chi connectivity index (χ4v) is 7.25. The Hall–Kier alpha value is -6.56. The number of aromatic nitrogens is 2. The van der Waals surface area contributed by atoms with Gasteiger partial charge >= 0.3 is 0 Å². The van der Waals surface area contributed by atoms with Crippen molar-refractivity contribution in [3.63, 3.8) is 0 Å². The third kappa shape index (κ3) is 4.38. The quantitative estimate of drug-likeness (QED) is 0.184. The van der Waals surface area contributed by atoms with E-state index in [0.29, 0.717) is 10.1 Å². The highest BCUT2D eigenvalue weighted by atomic mass is 32.1. The van der Waals surface area contributed by atoms with E-state index in [9.17, 15) is 2.74 Å². The first-order valence-electron chi connectivity index (χ1n) is 26.2. The maximum Gasteiger partial charge on any atom is 0.143 e. The first kappa shape index (κ1) is 14.4. The molecule has 4 aromatic heterocycles. The molecule has 11 aromatic rings. The van der Waals surface area contributed by atoms with Crippen molar-refractivity contribution in [3.05, 3.63) is 157 Å². The monoisotopic (exact) mass is 692 g/mol. The molecule has 11 rings (SSSR count). The van der Waals surface area contributed by atoms with Crippen molar-refractivity contribution in [2.45, 2.75) is 0 Å². The van der Waals surface area contributed by atoms with Crippen molar-refractivity contribution in [3.8, 4) is 44.6 Å². The van der Waals surface area contributed by atoms with Crippen LogP contribution < -0.4 is 0 Å². The summed E-state index contributed by atoms with van der Waals surface area (Å²) in [5.74, 6) is 0. The first-order chi connectivity index (χ1) is 34.4. The molecule has 0 aliphatic rings. The number of thiophene rings is 1. The molecule has 0 amide bonds. The molecule has 0 unspecified atom stereocenters. The molecule has 0 aliphatic carbocycles. The molecular weight excluding hydrogens is 645 g/mol. The minimum absolute atomic E-state index is 0.0760.